The van der Waals surface area contributed by atoms with E-state index in [1.165, 1.54) is 45.9 Å². The van der Waals surface area contributed by atoms with Gasteiger partial charge in [0.25, 0.3) is 0 Å². The number of allylic oxidation sites excluding steroid dienone is 1. The van der Waals surface area contributed by atoms with E-state index in [1.54, 1.807) is 0 Å². The van der Waals surface area contributed by atoms with Crippen molar-refractivity contribution in [3.8, 4) is 0 Å². The summed E-state index contributed by atoms with van der Waals surface area (Å²) < 4.78 is 0. The lowest BCUT2D eigenvalue weighted by Crippen LogP contribution is -1.96. The number of hydrogen-bond acceptors (Lipinski definition) is 0. The average molecular weight is 314 g/mol. The molecule has 0 fully saturated rings. The maximum absolute atomic E-state index is 4.18. The fraction of sp³-hybridized carbons (Fsp3) is 0.250. The molecule has 122 valence electrons. The lowest BCUT2D eigenvalue weighted by Gasteiger charge is -2.13. The third-order valence-electron chi connectivity index (χ3n) is 4.76. The molecule has 0 bridgehead atoms. The Labute approximate surface area is 145 Å². The summed E-state index contributed by atoms with van der Waals surface area (Å²) in [6.07, 6.45) is 4.72. The van der Waals surface area contributed by atoms with Gasteiger partial charge in [-0.25, -0.2) is 0 Å². The van der Waals surface area contributed by atoms with Crippen molar-refractivity contribution < 1.29 is 0 Å². The molecule has 0 heteroatoms. The lowest BCUT2D eigenvalue weighted by atomic mass is 9.91. The Morgan fingerprint density at radius 2 is 1.54 bits per heavy atom. The van der Waals surface area contributed by atoms with Gasteiger partial charge >= 0.3 is 0 Å². The zero-order chi connectivity index (χ0) is 16.9. The Morgan fingerprint density at radius 1 is 0.833 bits per heavy atom. The van der Waals surface area contributed by atoms with Crippen molar-refractivity contribution in [1.82, 2.24) is 0 Å². The van der Waals surface area contributed by atoms with Crippen LogP contribution in [0.5, 0.6) is 0 Å². The van der Waals surface area contributed by atoms with Crippen LogP contribution in [0.4, 0.5) is 0 Å². The van der Waals surface area contributed by atoms with Crippen LogP contribution in [0, 0.1) is 6.92 Å². The molecule has 0 radical (unpaired) electrons. The standard InChI is InChI=1S/C24H26/c1-18(2)22-17-16-21-9-5-7-10-23(21)24(22)11-6-4-8-20-14-12-19(3)13-15-20/h5,7,9-10,12-17H,1,4,6,8,11H2,2-3H3. The van der Waals surface area contributed by atoms with Crippen LogP contribution in [-0.2, 0) is 12.8 Å². The largest absolute Gasteiger partial charge is 0.0955 e. The highest BCUT2D eigenvalue weighted by atomic mass is 14.1. The summed E-state index contributed by atoms with van der Waals surface area (Å²) in [4.78, 5) is 0. The van der Waals surface area contributed by atoms with Crippen LogP contribution in [0.15, 0.2) is 67.2 Å². The summed E-state index contributed by atoms with van der Waals surface area (Å²) in [5, 5.41) is 2.71. The SMILES string of the molecule is C=C(C)c1ccc2ccccc2c1CCCCc1ccc(C)cc1. The van der Waals surface area contributed by atoms with E-state index in [0.29, 0.717) is 0 Å². The minimum absolute atomic E-state index is 1.12. The van der Waals surface area contributed by atoms with Crippen molar-refractivity contribution in [1.29, 1.82) is 0 Å². The van der Waals surface area contributed by atoms with E-state index < -0.39 is 0 Å². The number of benzene rings is 3. The molecule has 3 aromatic rings. The number of rotatable bonds is 6. The van der Waals surface area contributed by atoms with Gasteiger partial charge in [0.15, 0.2) is 0 Å². The Kier molecular flexibility index (Phi) is 5.15. The van der Waals surface area contributed by atoms with Crippen LogP contribution >= 0.6 is 0 Å². The molecular formula is C24H26. The average Bonchev–Trinajstić information content (AvgIpc) is 2.60. The van der Waals surface area contributed by atoms with Crippen LogP contribution in [0.25, 0.3) is 16.3 Å². The summed E-state index contributed by atoms with van der Waals surface area (Å²) in [6, 6.07) is 22.1. The molecule has 0 heterocycles. The molecule has 0 N–H and O–H groups in total. The van der Waals surface area contributed by atoms with Crippen LogP contribution in [0.2, 0.25) is 0 Å². The fourth-order valence-electron chi connectivity index (χ4n) is 3.39. The predicted octanol–water partition coefficient (Wildman–Crippen LogP) is 6.75. The minimum Gasteiger partial charge on any atom is -0.0955 e. The van der Waals surface area contributed by atoms with Gasteiger partial charge in [-0.1, -0.05) is 78.4 Å². The molecule has 3 aromatic carbocycles. The molecule has 0 aliphatic heterocycles. The molecule has 0 spiro atoms. The van der Waals surface area contributed by atoms with Crippen LogP contribution < -0.4 is 0 Å². The third kappa shape index (κ3) is 3.76. The Hall–Kier alpha value is -2.34. The Bertz CT molecular complexity index is 838. The summed E-state index contributed by atoms with van der Waals surface area (Å²) in [7, 11) is 0. The smallest absolute Gasteiger partial charge is 0.0146 e. The summed E-state index contributed by atoms with van der Waals surface area (Å²) in [6.45, 7) is 8.43. The van der Waals surface area contributed by atoms with Crippen molar-refractivity contribution in [2.24, 2.45) is 0 Å². The van der Waals surface area contributed by atoms with E-state index in [9.17, 15) is 0 Å². The third-order valence-corrected chi connectivity index (χ3v) is 4.76. The first-order valence-corrected chi connectivity index (χ1v) is 8.87. The summed E-state index contributed by atoms with van der Waals surface area (Å²) in [5.74, 6) is 0. The van der Waals surface area contributed by atoms with Gasteiger partial charge in [0.1, 0.15) is 0 Å². The molecule has 0 atom stereocenters. The van der Waals surface area contributed by atoms with E-state index in [2.05, 4.69) is 81.1 Å². The fourth-order valence-corrected chi connectivity index (χ4v) is 3.39. The molecule has 24 heavy (non-hydrogen) atoms. The highest BCUT2D eigenvalue weighted by Gasteiger charge is 2.08. The lowest BCUT2D eigenvalue weighted by molar-refractivity contribution is 0.736. The molecule has 0 aromatic heterocycles. The van der Waals surface area contributed by atoms with Gasteiger partial charge < -0.3 is 0 Å². The number of hydrogen-bond donors (Lipinski definition) is 0. The molecule has 0 saturated carbocycles. The van der Waals surface area contributed by atoms with Gasteiger partial charge in [0.2, 0.25) is 0 Å². The van der Waals surface area contributed by atoms with E-state index in [1.807, 2.05) is 0 Å². The second-order valence-corrected chi connectivity index (χ2v) is 6.79. The van der Waals surface area contributed by atoms with Gasteiger partial charge in [-0.15, -0.1) is 0 Å². The van der Waals surface area contributed by atoms with Gasteiger partial charge in [0, 0.05) is 0 Å². The van der Waals surface area contributed by atoms with Crippen molar-refractivity contribution in [3.63, 3.8) is 0 Å². The highest BCUT2D eigenvalue weighted by molar-refractivity contribution is 5.90. The Morgan fingerprint density at radius 3 is 2.29 bits per heavy atom. The molecule has 0 nitrogen and oxygen atoms in total. The van der Waals surface area contributed by atoms with Crippen molar-refractivity contribution in [2.45, 2.75) is 39.5 Å². The first-order chi connectivity index (χ1) is 11.6. The molecular weight excluding hydrogens is 288 g/mol. The molecule has 0 amide bonds. The predicted molar refractivity (Wildman–Crippen MR) is 106 cm³/mol. The maximum atomic E-state index is 4.18. The molecule has 0 saturated heterocycles. The van der Waals surface area contributed by atoms with Gasteiger partial charge in [0.05, 0.1) is 0 Å². The second-order valence-electron chi connectivity index (χ2n) is 6.79. The van der Waals surface area contributed by atoms with Crippen molar-refractivity contribution >= 4 is 16.3 Å². The first kappa shape index (κ1) is 16.5. The number of aryl methyl sites for hydroxylation is 3. The number of unbranched alkanes of at least 4 members (excludes halogenated alkanes) is 1. The minimum atomic E-state index is 1.12. The van der Waals surface area contributed by atoms with Crippen LogP contribution in [0.3, 0.4) is 0 Å². The summed E-state index contributed by atoms with van der Waals surface area (Å²) >= 11 is 0. The first-order valence-electron chi connectivity index (χ1n) is 8.87. The number of fused-ring (bicyclic) bond motifs is 1. The zero-order valence-electron chi connectivity index (χ0n) is 14.8. The van der Waals surface area contributed by atoms with Gasteiger partial charge in [-0.3, -0.25) is 0 Å². The normalized spacial score (nSPS) is 10.9. The quantitative estimate of drug-likeness (QED) is 0.442. The monoisotopic (exact) mass is 314 g/mol. The molecule has 0 aliphatic rings. The van der Waals surface area contributed by atoms with Gasteiger partial charge in [-0.05, 0) is 67.0 Å². The highest BCUT2D eigenvalue weighted by Crippen LogP contribution is 2.28. The van der Waals surface area contributed by atoms with Crippen LogP contribution in [0.1, 0.15) is 42.0 Å². The second kappa shape index (κ2) is 7.49. The maximum Gasteiger partial charge on any atom is -0.0146 e. The molecule has 0 aliphatic carbocycles. The Balaban J connectivity index is 1.73. The molecule has 3 rings (SSSR count). The zero-order valence-corrected chi connectivity index (χ0v) is 14.8. The van der Waals surface area contributed by atoms with E-state index in [4.69, 9.17) is 0 Å². The van der Waals surface area contributed by atoms with Crippen LogP contribution in [-0.4, -0.2) is 0 Å². The van der Waals surface area contributed by atoms with Crippen molar-refractivity contribution in [3.05, 3.63) is 89.5 Å². The summed E-state index contributed by atoms with van der Waals surface area (Å²) in [5.41, 5.74) is 6.72. The molecule has 0 unspecified atom stereocenters. The van der Waals surface area contributed by atoms with E-state index in [-0.39, 0.29) is 0 Å². The van der Waals surface area contributed by atoms with Crippen molar-refractivity contribution in [2.75, 3.05) is 0 Å². The van der Waals surface area contributed by atoms with Gasteiger partial charge in [-0.2, -0.15) is 0 Å². The topological polar surface area (TPSA) is 0 Å². The van der Waals surface area contributed by atoms with E-state index in [0.717, 1.165) is 18.4 Å². The van der Waals surface area contributed by atoms with E-state index >= 15 is 0 Å².